The SMILES string of the molecule is CC(O)CNC1CCc2c(F)cc(F)cc21. The van der Waals surface area contributed by atoms with Crippen LogP contribution in [0.2, 0.25) is 0 Å². The van der Waals surface area contributed by atoms with E-state index in [1.54, 1.807) is 6.92 Å². The number of fused-ring (bicyclic) bond motifs is 1. The molecule has 2 nitrogen and oxygen atoms in total. The summed E-state index contributed by atoms with van der Waals surface area (Å²) < 4.78 is 26.5. The van der Waals surface area contributed by atoms with Gasteiger partial charge in [0.15, 0.2) is 0 Å². The molecule has 2 N–H and O–H groups in total. The van der Waals surface area contributed by atoms with Crippen molar-refractivity contribution in [3.8, 4) is 0 Å². The third kappa shape index (κ3) is 2.23. The van der Waals surface area contributed by atoms with Crippen molar-refractivity contribution >= 4 is 0 Å². The Kier molecular flexibility index (Phi) is 3.21. The van der Waals surface area contributed by atoms with Gasteiger partial charge in [0.25, 0.3) is 0 Å². The predicted octanol–water partition coefficient (Wildman–Crippen LogP) is 1.92. The topological polar surface area (TPSA) is 32.3 Å². The van der Waals surface area contributed by atoms with E-state index >= 15 is 0 Å². The van der Waals surface area contributed by atoms with Gasteiger partial charge in [0.2, 0.25) is 0 Å². The van der Waals surface area contributed by atoms with Gasteiger partial charge >= 0.3 is 0 Å². The highest BCUT2D eigenvalue weighted by atomic mass is 19.1. The Morgan fingerprint density at radius 3 is 2.94 bits per heavy atom. The molecule has 16 heavy (non-hydrogen) atoms. The van der Waals surface area contributed by atoms with Crippen LogP contribution in [0, 0.1) is 11.6 Å². The first-order valence-corrected chi connectivity index (χ1v) is 5.47. The number of aliphatic hydroxyl groups is 1. The number of benzene rings is 1. The average molecular weight is 227 g/mol. The van der Waals surface area contributed by atoms with Crippen LogP contribution >= 0.6 is 0 Å². The van der Waals surface area contributed by atoms with E-state index in [4.69, 9.17) is 5.11 Å². The van der Waals surface area contributed by atoms with E-state index in [0.717, 1.165) is 12.5 Å². The van der Waals surface area contributed by atoms with Crippen LogP contribution in [0.25, 0.3) is 0 Å². The lowest BCUT2D eigenvalue weighted by Crippen LogP contribution is -2.27. The third-order valence-corrected chi connectivity index (χ3v) is 2.91. The standard InChI is InChI=1S/C12H15F2NO/c1-7(16)6-15-12-3-2-9-10(12)4-8(13)5-11(9)14/h4-5,7,12,15-16H,2-3,6H2,1H3. The average Bonchev–Trinajstić information content (AvgIpc) is 2.58. The van der Waals surface area contributed by atoms with E-state index in [0.29, 0.717) is 24.1 Å². The predicted molar refractivity (Wildman–Crippen MR) is 57.1 cm³/mol. The van der Waals surface area contributed by atoms with Gasteiger partial charge in [0, 0.05) is 18.7 Å². The number of hydrogen-bond donors (Lipinski definition) is 2. The van der Waals surface area contributed by atoms with Crippen molar-refractivity contribution in [1.29, 1.82) is 0 Å². The van der Waals surface area contributed by atoms with E-state index in [1.165, 1.54) is 6.07 Å². The summed E-state index contributed by atoms with van der Waals surface area (Å²) in [5.41, 5.74) is 1.29. The molecule has 0 heterocycles. The second kappa shape index (κ2) is 4.47. The molecule has 0 aromatic heterocycles. The molecule has 0 saturated carbocycles. The lowest BCUT2D eigenvalue weighted by molar-refractivity contribution is 0.186. The molecule has 1 aliphatic rings. The summed E-state index contributed by atoms with van der Waals surface area (Å²) in [6, 6.07) is 2.26. The van der Waals surface area contributed by atoms with Gasteiger partial charge in [-0.25, -0.2) is 8.78 Å². The fourth-order valence-corrected chi connectivity index (χ4v) is 2.17. The van der Waals surface area contributed by atoms with Gasteiger partial charge in [-0.2, -0.15) is 0 Å². The molecule has 0 radical (unpaired) electrons. The van der Waals surface area contributed by atoms with Gasteiger partial charge < -0.3 is 10.4 Å². The van der Waals surface area contributed by atoms with Gasteiger partial charge in [0.05, 0.1) is 6.10 Å². The van der Waals surface area contributed by atoms with Crippen molar-refractivity contribution in [1.82, 2.24) is 5.32 Å². The van der Waals surface area contributed by atoms with Crippen LogP contribution in [-0.4, -0.2) is 17.8 Å². The molecule has 1 aliphatic carbocycles. The highest BCUT2D eigenvalue weighted by molar-refractivity contribution is 5.36. The van der Waals surface area contributed by atoms with E-state index in [9.17, 15) is 8.78 Å². The van der Waals surface area contributed by atoms with Crippen LogP contribution < -0.4 is 5.32 Å². The molecule has 2 atom stereocenters. The fourth-order valence-electron chi connectivity index (χ4n) is 2.17. The lowest BCUT2D eigenvalue weighted by Gasteiger charge is -2.15. The van der Waals surface area contributed by atoms with Crippen molar-refractivity contribution in [3.63, 3.8) is 0 Å². The van der Waals surface area contributed by atoms with Gasteiger partial charge in [0.1, 0.15) is 11.6 Å². The molecule has 2 unspecified atom stereocenters. The molecule has 2 rings (SSSR count). The van der Waals surface area contributed by atoms with Crippen LogP contribution in [0.15, 0.2) is 12.1 Å². The summed E-state index contributed by atoms with van der Waals surface area (Å²) in [5, 5.41) is 12.3. The molecule has 1 aromatic carbocycles. The van der Waals surface area contributed by atoms with Crippen molar-refractivity contribution in [3.05, 3.63) is 34.9 Å². The Bertz CT molecular complexity index is 393. The zero-order valence-electron chi connectivity index (χ0n) is 9.13. The zero-order valence-corrected chi connectivity index (χ0v) is 9.13. The minimum absolute atomic E-state index is 0.0465. The summed E-state index contributed by atoms with van der Waals surface area (Å²) in [6.07, 6.45) is 0.920. The first-order valence-electron chi connectivity index (χ1n) is 5.47. The third-order valence-electron chi connectivity index (χ3n) is 2.91. The highest BCUT2D eigenvalue weighted by Crippen LogP contribution is 2.33. The summed E-state index contributed by atoms with van der Waals surface area (Å²) in [5.74, 6) is -1.00. The number of rotatable bonds is 3. The molecular formula is C12H15F2NO. The Balaban J connectivity index is 2.19. The summed E-state index contributed by atoms with van der Waals surface area (Å²) in [7, 11) is 0. The van der Waals surface area contributed by atoms with Crippen LogP contribution in [0.4, 0.5) is 8.78 Å². The smallest absolute Gasteiger partial charge is 0.129 e. The minimum atomic E-state index is -0.540. The normalized spacial score (nSPS) is 20.9. The first-order chi connectivity index (χ1) is 7.58. The molecule has 0 bridgehead atoms. The monoisotopic (exact) mass is 227 g/mol. The Hall–Kier alpha value is -1.00. The first kappa shape index (κ1) is 11.5. The number of halogens is 2. The molecule has 0 fully saturated rings. The van der Waals surface area contributed by atoms with E-state index in [1.807, 2.05) is 0 Å². The van der Waals surface area contributed by atoms with Crippen molar-refractivity contribution in [2.75, 3.05) is 6.54 Å². The van der Waals surface area contributed by atoms with Gasteiger partial charge in [-0.3, -0.25) is 0 Å². The number of hydrogen-bond acceptors (Lipinski definition) is 2. The molecule has 0 amide bonds. The van der Waals surface area contributed by atoms with Crippen LogP contribution in [-0.2, 0) is 6.42 Å². The quantitative estimate of drug-likeness (QED) is 0.827. The molecule has 4 heteroatoms. The molecule has 0 saturated heterocycles. The maximum Gasteiger partial charge on any atom is 0.129 e. The molecule has 88 valence electrons. The Morgan fingerprint density at radius 1 is 1.50 bits per heavy atom. The summed E-state index contributed by atoms with van der Waals surface area (Å²) >= 11 is 0. The number of aliphatic hydroxyl groups excluding tert-OH is 1. The van der Waals surface area contributed by atoms with Crippen molar-refractivity contribution < 1.29 is 13.9 Å². The highest BCUT2D eigenvalue weighted by Gasteiger charge is 2.25. The van der Waals surface area contributed by atoms with Gasteiger partial charge in [-0.1, -0.05) is 0 Å². The summed E-state index contributed by atoms with van der Waals surface area (Å²) in [4.78, 5) is 0. The van der Waals surface area contributed by atoms with E-state index < -0.39 is 17.7 Å². The number of nitrogens with one attached hydrogen (secondary N) is 1. The largest absolute Gasteiger partial charge is 0.392 e. The molecule has 0 spiro atoms. The molecule has 0 aliphatic heterocycles. The lowest BCUT2D eigenvalue weighted by atomic mass is 10.1. The van der Waals surface area contributed by atoms with Crippen LogP contribution in [0.1, 0.15) is 30.5 Å². The van der Waals surface area contributed by atoms with E-state index in [2.05, 4.69) is 5.32 Å². The summed E-state index contributed by atoms with van der Waals surface area (Å²) in [6.45, 7) is 2.11. The Labute approximate surface area is 93.3 Å². The minimum Gasteiger partial charge on any atom is -0.392 e. The van der Waals surface area contributed by atoms with Crippen LogP contribution in [0.3, 0.4) is 0 Å². The van der Waals surface area contributed by atoms with Crippen molar-refractivity contribution in [2.24, 2.45) is 0 Å². The maximum absolute atomic E-state index is 13.4. The second-order valence-corrected chi connectivity index (χ2v) is 4.30. The maximum atomic E-state index is 13.4. The Morgan fingerprint density at radius 2 is 2.25 bits per heavy atom. The second-order valence-electron chi connectivity index (χ2n) is 4.30. The van der Waals surface area contributed by atoms with Crippen molar-refractivity contribution in [2.45, 2.75) is 31.9 Å². The molecular weight excluding hydrogens is 212 g/mol. The van der Waals surface area contributed by atoms with Gasteiger partial charge in [-0.05, 0) is 37.0 Å². The van der Waals surface area contributed by atoms with Gasteiger partial charge in [-0.15, -0.1) is 0 Å². The zero-order chi connectivity index (χ0) is 11.7. The fraction of sp³-hybridized carbons (Fsp3) is 0.500. The van der Waals surface area contributed by atoms with Crippen LogP contribution in [0.5, 0.6) is 0 Å². The van der Waals surface area contributed by atoms with E-state index in [-0.39, 0.29) is 6.04 Å². The molecule has 1 aromatic rings.